The third-order valence-corrected chi connectivity index (χ3v) is 3.68. The van der Waals surface area contributed by atoms with Gasteiger partial charge in [-0.3, -0.25) is 0 Å². The molecule has 5 heteroatoms. The minimum absolute atomic E-state index is 0.0418. The number of nitrogens with one attached hydrogen (secondary N) is 1. The minimum Gasteiger partial charge on any atom is -0.382 e. The molecule has 15 heavy (non-hydrogen) atoms. The summed E-state index contributed by atoms with van der Waals surface area (Å²) in [6.45, 7) is 4.66. The minimum atomic E-state index is -0.486. The molecule has 0 saturated carbocycles. The molecular weight excluding hydrogens is 193 g/mol. The first-order valence-corrected chi connectivity index (χ1v) is 5.21. The molecular formula is C10H18BNO3. The van der Waals surface area contributed by atoms with Crippen molar-refractivity contribution < 1.29 is 14.2 Å². The van der Waals surface area contributed by atoms with Gasteiger partial charge in [0.2, 0.25) is 0 Å². The number of hydrogen-bond acceptors (Lipinski definition) is 4. The Morgan fingerprint density at radius 1 is 1.40 bits per heavy atom. The van der Waals surface area contributed by atoms with E-state index in [9.17, 15) is 0 Å². The number of ether oxygens (including phenoxy) is 3. The second-order valence-corrected chi connectivity index (χ2v) is 4.86. The molecule has 2 fully saturated rings. The third kappa shape index (κ3) is 1.30. The van der Waals surface area contributed by atoms with Crippen molar-refractivity contribution in [3.63, 3.8) is 0 Å². The molecule has 84 valence electrons. The van der Waals surface area contributed by atoms with Gasteiger partial charge in [-0.1, -0.05) is 0 Å². The number of methoxy groups -OCH3 is 2. The van der Waals surface area contributed by atoms with Gasteiger partial charge in [-0.2, -0.15) is 0 Å². The molecule has 0 spiro atoms. The predicted octanol–water partition coefficient (Wildman–Crippen LogP) is -0.338. The Morgan fingerprint density at radius 3 is 2.60 bits per heavy atom. The lowest BCUT2D eigenvalue weighted by molar-refractivity contribution is -0.150. The fraction of sp³-hybridized carbons (Fsp3) is 1.00. The van der Waals surface area contributed by atoms with Crippen LogP contribution in [0.2, 0.25) is 0 Å². The van der Waals surface area contributed by atoms with Crippen LogP contribution in [-0.4, -0.2) is 58.0 Å². The zero-order chi connectivity index (χ0) is 11.3. The summed E-state index contributed by atoms with van der Waals surface area (Å²) in [6.07, 6.45) is -0.0533. The molecule has 0 aliphatic carbocycles. The van der Waals surface area contributed by atoms with Crippen LogP contribution in [0.3, 0.4) is 0 Å². The van der Waals surface area contributed by atoms with E-state index in [-0.39, 0.29) is 23.7 Å². The van der Waals surface area contributed by atoms with Crippen molar-refractivity contribution in [1.82, 2.24) is 5.32 Å². The molecule has 1 N–H and O–H groups in total. The second-order valence-electron chi connectivity index (χ2n) is 4.86. The van der Waals surface area contributed by atoms with E-state index in [1.54, 1.807) is 14.2 Å². The molecule has 2 rings (SSSR count). The van der Waals surface area contributed by atoms with E-state index in [0.29, 0.717) is 6.61 Å². The SMILES string of the molecule is [B][C@@H]1O[C@]2(COC)C(OC)[C@@H]1NC2(C)C. The number of morpholine rings is 1. The molecule has 2 bridgehead atoms. The Hall–Kier alpha value is -0.0951. The van der Waals surface area contributed by atoms with Gasteiger partial charge in [-0.15, -0.1) is 0 Å². The van der Waals surface area contributed by atoms with Crippen LogP contribution >= 0.6 is 0 Å². The summed E-state index contributed by atoms with van der Waals surface area (Å²) in [5, 5.41) is 3.45. The van der Waals surface area contributed by atoms with E-state index in [2.05, 4.69) is 19.2 Å². The van der Waals surface area contributed by atoms with Gasteiger partial charge in [-0.25, -0.2) is 0 Å². The summed E-state index contributed by atoms with van der Waals surface area (Å²) in [6, 6.07) is -0.279. The standard InChI is InChI=1S/C10H18BNO3/c1-9(2)10(5-13-3)7(14-4)6(12-9)8(11)15-10/h6-8,12H,5H2,1-4H3/t6-,7?,8+,10+/m0/s1. The Labute approximate surface area is 92.1 Å². The van der Waals surface area contributed by atoms with Crippen molar-refractivity contribution in [1.29, 1.82) is 0 Å². The Bertz CT molecular complexity index is 261. The van der Waals surface area contributed by atoms with Gasteiger partial charge in [0.1, 0.15) is 19.6 Å². The summed E-state index contributed by atoms with van der Waals surface area (Å²) in [5.74, 6) is 0. The van der Waals surface area contributed by atoms with E-state index in [0.717, 1.165) is 0 Å². The molecule has 2 radical (unpaired) electrons. The summed E-state index contributed by atoms with van der Waals surface area (Å²) >= 11 is 0. The molecule has 4 nitrogen and oxygen atoms in total. The van der Waals surface area contributed by atoms with E-state index in [1.807, 2.05) is 0 Å². The van der Waals surface area contributed by atoms with Crippen molar-refractivity contribution in [2.45, 2.75) is 43.1 Å². The average molecular weight is 211 g/mol. The number of rotatable bonds is 3. The molecule has 1 unspecified atom stereocenters. The Kier molecular flexibility index (Phi) is 2.62. The maximum atomic E-state index is 5.90. The van der Waals surface area contributed by atoms with Gasteiger partial charge in [0.05, 0.1) is 12.6 Å². The molecule has 2 aliphatic rings. The number of hydrogen-bond donors (Lipinski definition) is 1. The number of fused-ring (bicyclic) bond motifs is 2. The lowest BCUT2D eigenvalue weighted by Gasteiger charge is -2.43. The quantitative estimate of drug-likeness (QED) is 0.648. The molecule has 2 saturated heterocycles. The Morgan fingerprint density at radius 2 is 2.07 bits per heavy atom. The van der Waals surface area contributed by atoms with Gasteiger partial charge in [0.15, 0.2) is 0 Å². The van der Waals surface area contributed by atoms with Gasteiger partial charge < -0.3 is 19.5 Å². The van der Waals surface area contributed by atoms with Crippen LogP contribution in [-0.2, 0) is 14.2 Å². The lowest BCUT2D eigenvalue weighted by atomic mass is 9.83. The monoisotopic (exact) mass is 211 g/mol. The van der Waals surface area contributed by atoms with Crippen LogP contribution in [0, 0.1) is 0 Å². The van der Waals surface area contributed by atoms with Gasteiger partial charge in [-0.05, 0) is 13.8 Å². The smallest absolute Gasteiger partial charge is 0.136 e. The summed E-state index contributed by atoms with van der Waals surface area (Å²) in [5.41, 5.74) is -0.676. The molecule has 0 aromatic heterocycles. The molecule has 0 amide bonds. The van der Waals surface area contributed by atoms with Gasteiger partial charge >= 0.3 is 0 Å². The van der Waals surface area contributed by atoms with E-state index >= 15 is 0 Å². The van der Waals surface area contributed by atoms with Gasteiger partial charge in [0.25, 0.3) is 0 Å². The molecule has 0 aromatic rings. The highest BCUT2D eigenvalue weighted by Gasteiger charge is 2.67. The van der Waals surface area contributed by atoms with Crippen LogP contribution in [0.5, 0.6) is 0 Å². The van der Waals surface area contributed by atoms with Crippen LogP contribution in [0.4, 0.5) is 0 Å². The zero-order valence-corrected chi connectivity index (χ0v) is 9.74. The highest BCUT2D eigenvalue weighted by atomic mass is 16.6. The van der Waals surface area contributed by atoms with Crippen molar-refractivity contribution in [3.05, 3.63) is 0 Å². The fourth-order valence-electron chi connectivity index (χ4n) is 2.89. The fourth-order valence-corrected chi connectivity index (χ4v) is 2.89. The summed E-state index contributed by atoms with van der Waals surface area (Å²) in [7, 11) is 9.25. The van der Waals surface area contributed by atoms with E-state index in [4.69, 9.17) is 22.1 Å². The van der Waals surface area contributed by atoms with Crippen LogP contribution in [0.25, 0.3) is 0 Å². The molecule has 4 atom stereocenters. The lowest BCUT2D eigenvalue weighted by Crippen LogP contribution is -2.62. The summed E-state index contributed by atoms with van der Waals surface area (Å²) in [4.78, 5) is 0. The Balaban J connectivity index is 2.35. The van der Waals surface area contributed by atoms with Crippen molar-refractivity contribution >= 4 is 7.85 Å². The molecule has 2 heterocycles. The molecule has 0 aromatic carbocycles. The van der Waals surface area contributed by atoms with Crippen LogP contribution in [0.1, 0.15) is 13.8 Å². The highest BCUT2D eigenvalue weighted by molar-refractivity contribution is 6.12. The predicted molar refractivity (Wildman–Crippen MR) is 57.0 cm³/mol. The highest BCUT2D eigenvalue weighted by Crippen LogP contribution is 2.46. The third-order valence-electron chi connectivity index (χ3n) is 3.68. The normalized spacial score (nSPS) is 47.3. The van der Waals surface area contributed by atoms with Gasteiger partial charge in [0, 0.05) is 25.8 Å². The van der Waals surface area contributed by atoms with Crippen molar-refractivity contribution in [2.75, 3.05) is 20.8 Å². The van der Waals surface area contributed by atoms with Crippen LogP contribution in [0.15, 0.2) is 0 Å². The van der Waals surface area contributed by atoms with Crippen molar-refractivity contribution in [3.8, 4) is 0 Å². The second kappa shape index (κ2) is 3.45. The maximum absolute atomic E-state index is 5.90. The summed E-state index contributed by atoms with van der Waals surface area (Å²) < 4.78 is 16.6. The van der Waals surface area contributed by atoms with Crippen molar-refractivity contribution in [2.24, 2.45) is 0 Å². The van der Waals surface area contributed by atoms with E-state index < -0.39 is 5.60 Å². The molecule has 2 aliphatic heterocycles. The average Bonchev–Trinajstić information content (AvgIpc) is 2.51. The first kappa shape index (κ1) is 11.4. The largest absolute Gasteiger partial charge is 0.382 e. The first-order valence-electron chi connectivity index (χ1n) is 5.21. The van der Waals surface area contributed by atoms with E-state index in [1.165, 1.54) is 0 Å². The van der Waals surface area contributed by atoms with Crippen LogP contribution < -0.4 is 5.32 Å². The zero-order valence-electron chi connectivity index (χ0n) is 9.74. The first-order chi connectivity index (χ1) is 6.98. The topological polar surface area (TPSA) is 39.7 Å². The maximum Gasteiger partial charge on any atom is 0.136 e.